The molecule has 4 aromatic rings. The Kier molecular flexibility index (Phi) is 6.14. The largest absolute Gasteiger partial charge is 0.288 e. The number of benzene rings is 2. The number of nitrogens with zero attached hydrogens (tertiary/aromatic N) is 3. The molecule has 0 fully saturated rings. The summed E-state index contributed by atoms with van der Waals surface area (Å²) in [5.74, 6) is -0.724. The molecule has 0 bridgehead atoms. The van der Waals surface area contributed by atoms with Gasteiger partial charge in [0.25, 0.3) is 15.9 Å². The first-order chi connectivity index (χ1) is 15.7. The van der Waals surface area contributed by atoms with Crippen molar-refractivity contribution in [3.05, 3.63) is 83.2 Å². The van der Waals surface area contributed by atoms with Gasteiger partial charge in [-0.2, -0.15) is 5.10 Å². The lowest BCUT2D eigenvalue weighted by Crippen LogP contribution is -2.15. The minimum Gasteiger partial charge on any atom is -0.288 e. The van der Waals surface area contributed by atoms with E-state index < -0.39 is 15.9 Å². The summed E-state index contributed by atoms with van der Waals surface area (Å²) in [5, 5.41) is 13.1. The van der Waals surface area contributed by atoms with Gasteiger partial charge in [-0.3, -0.25) is 14.7 Å². The average molecular weight is 484 g/mol. The van der Waals surface area contributed by atoms with Crippen molar-refractivity contribution in [3.8, 4) is 11.3 Å². The Balaban J connectivity index is 1.64. The number of aromatic nitrogens is 3. The Morgan fingerprint density at radius 3 is 2.76 bits per heavy atom. The zero-order valence-corrected chi connectivity index (χ0v) is 18.8. The summed E-state index contributed by atoms with van der Waals surface area (Å²) in [4.78, 5) is 15.7. The van der Waals surface area contributed by atoms with Gasteiger partial charge in [0, 0.05) is 11.6 Å². The third-order valence-electron chi connectivity index (χ3n) is 4.77. The summed E-state index contributed by atoms with van der Waals surface area (Å²) in [5.41, 5.74) is 4.99. The summed E-state index contributed by atoms with van der Waals surface area (Å²) in [6, 6.07) is 14.8. The van der Waals surface area contributed by atoms with E-state index in [-0.39, 0.29) is 4.90 Å². The molecular weight excluding hydrogens is 466 g/mol. The van der Waals surface area contributed by atoms with Gasteiger partial charge in [-0.15, -0.1) is 0 Å². The van der Waals surface area contributed by atoms with Gasteiger partial charge in [-0.05, 0) is 54.5 Å². The number of imidazole rings is 1. The van der Waals surface area contributed by atoms with Crippen molar-refractivity contribution >= 4 is 44.9 Å². The van der Waals surface area contributed by atoms with E-state index in [1.165, 1.54) is 23.7 Å². The third-order valence-corrected chi connectivity index (χ3v) is 6.34. The first kappa shape index (κ1) is 22.5. The molecule has 0 spiro atoms. The first-order valence-electron chi connectivity index (χ1n) is 9.63. The van der Waals surface area contributed by atoms with Crippen LogP contribution >= 0.6 is 11.6 Å². The van der Waals surface area contributed by atoms with E-state index in [1.54, 1.807) is 54.0 Å². The van der Waals surface area contributed by atoms with Crippen LogP contribution in [0.1, 0.15) is 11.1 Å². The van der Waals surface area contributed by atoms with E-state index in [0.29, 0.717) is 33.3 Å². The smallest absolute Gasteiger partial charge is 0.267 e. The Morgan fingerprint density at radius 1 is 1.15 bits per heavy atom. The summed E-state index contributed by atoms with van der Waals surface area (Å²) in [6.45, 7) is 1.79. The van der Waals surface area contributed by atoms with Crippen molar-refractivity contribution in [2.75, 3.05) is 4.72 Å². The fourth-order valence-corrected chi connectivity index (χ4v) is 4.41. The average Bonchev–Trinajstić information content (AvgIpc) is 3.22. The number of aryl methyl sites for hydroxylation is 1. The van der Waals surface area contributed by atoms with E-state index in [1.807, 2.05) is 6.07 Å². The van der Waals surface area contributed by atoms with Gasteiger partial charge < -0.3 is 0 Å². The summed E-state index contributed by atoms with van der Waals surface area (Å²) in [6.07, 6.45) is 4.19. The monoisotopic (exact) mass is 483 g/mol. The number of hydroxylamine groups is 1. The number of hydrogen-bond donors (Lipinski definition) is 3. The number of halogens is 1. The molecule has 0 atom stereocenters. The quantitative estimate of drug-likeness (QED) is 0.218. The molecule has 2 heterocycles. The number of hydrogen-bond acceptors (Lipinski definition) is 6. The van der Waals surface area contributed by atoms with Crippen LogP contribution in [0.3, 0.4) is 0 Å². The van der Waals surface area contributed by atoms with Crippen LogP contribution in [0.5, 0.6) is 0 Å². The van der Waals surface area contributed by atoms with Crippen LogP contribution in [0, 0.1) is 6.92 Å². The summed E-state index contributed by atoms with van der Waals surface area (Å²) < 4.78 is 30.2. The highest BCUT2D eigenvalue weighted by molar-refractivity contribution is 7.92. The Bertz CT molecular complexity index is 1500. The molecule has 0 saturated heterocycles. The lowest BCUT2D eigenvalue weighted by Gasteiger charge is -2.12. The van der Waals surface area contributed by atoms with Crippen molar-refractivity contribution in [1.29, 1.82) is 0 Å². The van der Waals surface area contributed by atoms with Crippen LogP contribution in [-0.4, -0.2) is 34.1 Å². The van der Waals surface area contributed by atoms with Gasteiger partial charge in [-0.1, -0.05) is 35.9 Å². The fraction of sp³-hybridized carbons (Fsp3) is 0.0455. The van der Waals surface area contributed by atoms with Crippen LogP contribution in [0.2, 0.25) is 5.15 Å². The van der Waals surface area contributed by atoms with Gasteiger partial charge >= 0.3 is 0 Å². The molecule has 33 heavy (non-hydrogen) atoms. The van der Waals surface area contributed by atoms with Gasteiger partial charge in [0.2, 0.25) is 0 Å². The maximum atomic E-state index is 13.0. The van der Waals surface area contributed by atoms with Crippen LogP contribution in [0.25, 0.3) is 23.0 Å². The minimum absolute atomic E-state index is 0.0189. The molecule has 3 N–H and O–H groups in total. The van der Waals surface area contributed by atoms with Crippen molar-refractivity contribution in [2.45, 2.75) is 11.8 Å². The second kappa shape index (κ2) is 9.02. The zero-order valence-electron chi connectivity index (χ0n) is 17.2. The van der Waals surface area contributed by atoms with Crippen LogP contribution in [0.4, 0.5) is 5.69 Å². The van der Waals surface area contributed by atoms with E-state index in [2.05, 4.69) is 14.8 Å². The number of nitrogens with one attached hydrogen (secondary N) is 2. The van der Waals surface area contributed by atoms with Crippen molar-refractivity contribution in [2.24, 2.45) is 0 Å². The van der Waals surface area contributed by atoms with Crippen molar-refractivity contribution < 1.29 is 18.4 Å². The Morgan fingerprint density at radius 2 is 1.97 bits per heavy atom. The van der Waals surface area contributed by atoms with E-state index >= 15 is 0 Å². The highest BCUT2D eigenvalue weighted by Crippen LogP contribution is 2.27. The molecule has 0 aliphatic rings. The molecule has 168 valence electrons. The number of amides is 1. The normalized spacial score (nSPS) is 11.7. The number of carbonyl (C=O) groups excluding carboxylic acids is 1. The van der Waals surface area contributed by atoms with Gasteiger partial charge in [0.1, 0.15) is 5.15 Å². The topological polar surface area (TPSA) is 126 Å². The standard InChI is InChI=1S/C22H18ClN5O4S/c1-14-5-7-16(19-13-28-21(24-19)9-8-20(23)25-28)12-18(14)27-33(31,32)17-4-2-3-15(11-17)6-10-22(29)26-30/h2-13,27,30H,1H3,(H,26,29). The number of sulfonamides is 1. The molecule has 2 aromatic heterocycles. The van der Waals surface area contributed by atoms with Crippen LogP contribution < -0.4 is 10.2 Å². The highest BCUT2D eigenvalue weighted by atomic mass is 35.5. The molecule has 0 aliphatic carbocycles. The van der Waals surface area contributed by atoms with Crippen molar-refractivity contribution in [1.82, 2.24) is 20.1 Å². The van der Waals surface area contributed by atoms with Gasteiger partial charge in [-0.25, -0.2) is 23.4 Å². The van der Waals surface area contributed by atoms with E-state index in [4.69, 9.17) is 16.8 Å². The SMILES string of the molecule is Cc1ccc(-c2cn3nc(Cl)ccc3n2)cc1NS(=O)(=O)c1cccc(C=CC(=O)NO)c1. The fourth-order valence-electron chi connectivity index (χ4n) is 3.09. The molecule has 0 radical (unpaired) electrons. The van der Waals surface area contributed by atoms with Gasteiger partial charge in [0.15, 0.2) is 5.65 Å². The first-order valence-corrected chi connectivity index (χ1v) is 11.5. The van der Waals surface area contributed by atoms with Crippen molar-refractivity contribution in [3.63, 3.8) is 0 Å². The van der Waals surface area contributed by atoms with E-state index in [0.717, 1.165) is 11.6 Å². The molecule has 9 nitrogen and oxygen atoms in total. The Labute approximate surface area is 194 Å². The molecule has 11 heteroatoms. The van der Waals surface area contributed by atoms with Gasteiger partial charge in [0.05, 0.1) is 22.5 Å². The maximum absolute atomic E-state index is 13.0. The lowest BCUT2D eigenvalue weighted by molar-refractivity contribution is -0.124. The molecule has 4 rings (SSSR count). The van der Waals surface area contributed by atoms with Crippen LogP contribution in [0.15, 0.2) is 71.8 Å². The molecule has 0 unspecified atom stereocenters. The minimum atomic E-state index is -3.92. The second-order valence-electron chi connectivity index (χ2n) is 7.10. The predicted molar refractivity (Wildman–Crippen MR) is 124 cm³/mol. The van der Waals surface area contributed by atoms with E-state index in [9.17, 15) is 13.2 Å². The number of rotatable bonds is 6. The predicted octanol–water partition coefficient (Wildman–Crippen LogP) is 3.68. The number of fused-ring (bicyclic) bond motifs is 1. The molecule has 1 amide bonds. The zero-order chi connectivity index (χ0) is 23.6. The lowest BCUT2D eigenvalue weighted by atomic mass is 10.1. The maximum Gasteiger partial charge on any atom is 0.267 e. The molecule has 0 saturated carbocycles. The second-order valence-corrected chi connectivity index (χ2v) is 9.17. The summed E-state index contributed by atoms with van der Waals surface area (Å²) in [7, 11) is -3.92. The molecule has 2 aromatic carbocycles. The molecule has 0 aliphatic heterocycles. The third kappa shape index (κ3) is 5.03. The number of carbonyl (C=O) groups is 1. The van der Waals surface area contributed by atoms with Crippen LogP contribution in [-0.2, 0) is 14.8 Å². The highest BCUT2D eigenvalue weighted by Gasteiger charge is 2.17. The molecular formula is C22H18ClN5O4S. The number of anilines is 1. The summed E-state index contributed by atoms with van der Waals surface area (Å²) >= 11 is 5.93. The Hall–Kier alpha value is -3.73.